The van der Waals surface area contributed by atoms with Crippen molar-refractivity contribution in [3.63, 3.8) is 0 Å². The molecule has 2 N–H and O–H groups in total. The Labute approximate surface area is 149 Å². The first-order chi connectivity index (χ1) is 12.7. The molecule has 26 heavy (non-hydrogen) atoms. The fourth-order valence-corrected chi connectivity index (χ4v) is 2.99. The minimum Gasteiger partial charge on any atom is -0.399 e. The highest BCUT2D eigenvalue weighted by Gasteiger charge is 2.16. The van der Waals surface area contributed by atoms with E-state index in [1.807, 2.05) is 30.3 Å². The maximum atomic E-state index is 13.1. The highest BCUT2D eigenvalue weighted by Crippen LogP contribution is 2.18. The Bertz CT molecular complexity index is 1200. The monoisotopic (exact) mass is 341 g/mol. The van der Waals surface area contributed by atoms with Crippen molar-refractivity contribution < 1.29 is 0 Å². The molecule has 0 spiro atoms. The van der Waals surface area contributed by atoms with Crippen LogP contribution in [0.15, 0.2) is 71.7 Å². The van der Waals surface area contributed by atoms with Gasteiger partial charge in [0.2, 0.25) is 0 Å². The molecule has 6 heteroatoms. The lowest BCUT2D eigenvalue weighted by atomic mass is 10.2. The lowest BCUT2D eigenvalue weighted by molar-refractivity contribution is 0.763. The average Bonchev–Trinajstić information content (AvgIpc) is 2.95. The molecule has 4 aromatic rings. The van der Waals surface area contributed by atoms with Gasteiger partial charge in [-0.3, -0.25) is 4.57 Å². The molecule has 0 atom stereocenters. The molecule has 4 rings (SSSR count). The number of nitriles is 1. The quantitative estimate of drug-likeness (QED) is 0.580. The van der Waals surface area contributed by atoms with Crippen LogP contribution in [0, 0.1) is 11.3 Å². The zero-order valence-electron chi connectivity index (χ0n) is 13.8. The van der Waals surface area contributed by atoms with Gasteiger partial charge >= 0.3 is 5.69 Å². The zero-order chi connectivity index (χ0) is 18.1. The Balaban J connectivity index is 1.92. The number of nitrogens with zero attached hydrogens (tertiary/aromatic N) is 4. The number of nitrogen functional groups attached to an aromatic ring is 1. The fraction of sp³-hybridized carbons (Fsp3) is 0.0500. The molecule has 0 radical (unpaired) electrons. The molecule has 0 aliphatic carbocycles. The van der Waals surface area contributed by atoms with Crippen molar-refractivity contribution in [3.8, 4) is 11.8 Å². The van der Waals surface area contributed by atoms with E-state index in [0.29, 0.717) is 29.1 Å². The van der Waals surface area contributed by atoms with Crippen LogP contribution in [0.4, 0.5) is 5.69 Å². The lowest BCUT2D eigenvalue weighted by Crippen LogP contribution is -2.23. The third-order valence-corrected chi connectivity index (χ3v) is 4.24. The van der Waals surface area contributed by atoms with E-state index in [-0.39, 0.29) is 5.69 Å². The first-order valence-electron chi connectivity index (χ1n) is 8.08. The molecule has 0 fully saturated rings. The van der Waals surface area contributed by atoms with Crippen molar-refractivity contribution in [1.29, 1.82) is 5.26 Å². The van der Waals surface area contributed by atoms with Crippen molar-refractivity contribution in [1.82, 2.24) is 14.1 Å². The maximum Gasteiger partial charge on any atom is 0.335 e. The van der Waals surface area contributed by atoms with Crippen molar-refractivity contribution in [2.45, 2.75) is 6.54 Å². The predicted octanol–water partition coefficient (Wildman–Crippen LogP) is 2.69. The van der Waals surface area contributed by atoms with E-state index in [1.165, 1.54) is 4.57 Å². The van der Waals surface area contributed by atoms with Crippen LogP contribution in [0.3, 0.4) is 0 Å². The third kappa shape index (κ3) is 2.62. The smallest absolute Gasteiger partial charge is 0.335 e. The molecular weight excluding hydrogens is 326 g/mol. The first-order valence-corrected chi connectivity index (χ1v) is 8.08. The number of nitrogens with two attached hydrogens (primary N) is 1. The van der Waals surface area contributed by atoms with Crippen LogP contribution in [0.2, 0.25) is 0 Å². The van der Waals surface area contributed by atoms with Gasteiger partial charge in [0.05, 0.1) is 29.4 Å². The first kappa shape index (κ1) is 15.7. The second-order valence-electron chi connectivity index (χ2n) is 5.95. The summed E-state index contributed by atoms with van der Waals surface area (Å²) in [5.41, 5.74) is 9.58. The topological polar surface area (TPSA) is 89.6 Å². The van der Waals surface area contributed by atoms with Crippen molar-refractivity contribution >= 4 is 16.9 Å². The van der Waals surface area contributed by atoms with Crippen LogP contribution in [0.1, 0.15) is 11.1 Å². The van der Waals surface area contributed by atoms with Gasteiger partial charge in [-0.2, -0.15) is 5.26 Å². The highest BCUT2D eigenvalue weighted by molar-refractivity contribution is 5.74. The molecule has 0 bridgehead atoms. The molecule has 2 aromatic carbocycles. The number of benzene rings is 2. The molecule has 2 aromatic heterocycles. The third-order valence-electron chi connectivity index (χ3n) is 4.24. The van der Waals surface area contributed by atoms with Crippen LogP contribution < -0.4 is 11.4 Å². The largest absolute Gasteiger partial charge is 0.399 e. The summed E-state index contributed by atoms with van der Waals surface area (Å²) < 4.78 is 3.21. The Morgan fingerprint density at radius 3 is 2.65 bits per heavy atom. The highest BCUT2D eigenvalue weighted by atomic mass is 16.1. The van der Waals surface area contributed by atoms with Gasteiger partial charge in [-0.1, -0.05) is 18.2 Å². The molecule has 0 unspecified atom stereocenters. The normalized spacial score (nSPS) is 10.7. The van der Waals surface area contributed by atoms with Crippen LogP contribution in [-0.2, 0) is 6.54 Å². The molecule has 0 saturated carbocycles. The van der Waals surface area contributed by atoms with Gasteiger partial charge in [0.1, 0.15) is 0 Å². The van der Waals surface area contributed by atoms with Crippen LogP contribution in [0.5, 0.6) is 0 Å². The van der Waals surface area contributed by atoms with E-state index in [2.05, 4.69) is 11.1 Å². The number of imidazole rings is 1. The second-order valence-corrected chi connectivity index (χ2v) is 5.95. The molecule has 0 aliphatic heterocycles. The SMILES string of the molecule is N#Cc1cccc(-n2c(=O)n(Cc3ccc(N)cc3)c3cccnc32)c1. The Morgan fingerprint density at radius 1 is 1.08 bits per heavy atom. The van der Waals surface area contributed by atoms with Crippen LogP contribution >= 0.6 is 0 Å². The molecule has 0 saturated heterocycles. The summed E-state index contributed by atoms with van der Waals surface area (Å²) in [6, 6.07) is 20.1. The minimum absolute atomic E-state index is 0.203. The average molecular weight is 341 g/mol. The van der Waals surface area contributed by atoms with Crippen molar-refractivity contribution in [2.24, 2.45) is 0 Å². The number of pyridine rings is 1. The number of hydrogen-bond acceptors (Lipinski definition) is 4. The van der Waals surface area contributed by atoms with E-state index >= 15 is 0 Å². The molecule has 2 heterocycles. The summed E-state index contributed by atoms with van der Waals surface area (Å²) in [4.78, 5) is 17.5. The van der Waals surface area contributed by atoms with Gasteiger partial charge in [-0.25, -0.2) is 14.3 Å². The standard InChI is InChI=1S/C20H15N5O/c21-12-15-3-1-4-17(11-15)25-19-18(5-2-10-23-19)24(20(25)26)13-14-6-8-16(22)9-7-14/h1-11H,13,22H2. The predicted molar refractivity (Wildman–Crippen MR) is 100 cm³/mol. The van der Waals surface area contributed by atoms with Crippen LogP contribution in [-0.4, -0.2) is 14.1 Å². The Morgan fingerprint density at radius 2 is 1.88 bits per heavy atom. The summed E-state index contributed by atoms with van der Waals surface area (Å²) in [5, 5.41) is 9.15. The van der Waals surface area contributed by atoms with Crippen molar-refractivity contribution in [3.05, 3.63) is 88.5 Å². The Kier molecular flexibility index (Phi) is 3.75. The molecule has 126 valence electrons. The number of aromatic nitrogens is 3. The molecule has 0 amide bonds. The van der Waals surface area contributed by atoms with E-state index < -0.39 is 0 Å². The second kappa shape index (κ2) is 6.22. The van der Waals surface area contributed by atoms with E-state index in [9.17, 15) is 4.79 Å². The number of rotatable bonds is 3. The molecule has 6 nitrogen and oxygen atoms in total. The van der Waals surface area contributed by atoms with Gasteiger partial charge < -0.3 is 5.73 Å². The van der Waals surface area contributed by atoms with Crippen LogP contribution in [0.25, 0.3) is 16.9 Å². The van der Waals surface area contributed by atoms with Gasteiger partial charge in [-0.05, 0) is 48.0 Å². The van der Waals surface area contributed by atoms with Gasteiger partial charge in [0, 0.05) is 11.9 Å². The summed E-state index contributed by atoms with van der Waals surface area (Å²) in [7, 11) is 0. The summed E-state index contributed by atoms with van der Waals surface area (Å²) in [6.07, 6.45) is 1.65. The van der Waals surface area contributed by atoms with Gasteiger partial charge in [-0.15, -0.1) is 0 Å². The molecular formula is C20H15N5O. The lowest BCUT2D eigenvalue weighted by Gasteiger charge is -2.04. The zero-order valence-corrected chi connectivity index (χ0v) is 13.8. The maximum absolute atomic E-state index is 13.1. The number of fused-ring (bicyclic) bond motifs is 1. The number of anilines is 1. The number of hydrogen-bond donors (Lipinski definition) is 1. The Hall–Kier alpha value is -3.85. The van der Waals surface area contributed by atoms with E-state index in [1.54, 1.807) is 41.1 Å². The van der Waals surface area contributed by atoms with Crippen molar-refractivity contribution in [2.75, 3.05) is 5.73 Å². The summed E-state index contributed by atoms with van der Waals surface area (Å²) in [6.45, 7) is 0.409. The summed E-state index contributed by atoms with van der Waals surface area (Å²) >= 11 is 0. The van der Waals surface area contributed by atoms with Gasteiger partial charge in [0.25, 0.3) is 0 Å². The van der Waals surface area contributed by atoms with E-state index in [4.69, 9.17) is 11.0 Å². The fourth-order valence-electron chi connectivity index (χ4n) is 2.99. The van der Waals surface area contributed by atoms with E-state index in [0.717, 1.165) is 11.1 Å². The van der Waals surface area contributed by atoms with Gasteiger partial charge in [0.15, 0.2) is 5.65 Å². The molecule has 0 aliphatic rings. The minimum atomic E-state index is -0.203. The summed E-state index contributed by atoms with van der Waals surface area (Å²) in [5.74, 6) is 0.